The van der Waals surface area contributed by atoms with E-state index in [2.05, 4.69) is 20.2 Å². The van der Waals surface area contributed by atoms with Crippen molar-refractivity contribution in [2.45, 2.75) is 18.0 Å². The van der Waals surface area contributed by atoms with Crippen LogP contribution in [0, 0.1) is 0 Å². The summed E-state index contributed by atoms with van der Waals surface area (Å²) in [7, 11) is -0.655. The highest BCUT2D eigenvalue weighted by Gasteiger charge is 2.32. The second-order valence-corrected chi connectivity index (χ2v) is 11.7. The maximum absolute atomic E-state index is 13.3. The summed E-state index contributed by atoms with van der Waals surface area (Å²) in [5, 5.41) is 14.5. The number of rotatable bonds is 8. The fourth-order valence-electron chi connectivity index (χ4n) is 4.34. The van der Waals surface area contributed by atoms with Gasteiger partial charge in [-0.1, -0.05) is 67.6 Å². The number of pyridine rings is 2. The smallest absolute Gasteiger partial charge is 0.307 e. The number of hydrogen-bond donors (Lipinski definition) is 0. The van der Waals surface area contributed by atoms with Crippen LogP contribution in [0.3, 0.4) is 0 Å². The molecule has 9 nitrogen and oxygen atoms in total. The van der Waals surface area contributed by atoms with Crippen LogP contribution >= 0.6 is 0 Å². The third-order valence-electron chi connectivity index (χ3n) is 6.67. The van der Waals surface area contributed by atoms with Crippen molar-refractivity contribution < 1.29 is 21.6 Å². The third-order valence-corrected chi connectivity index (χ3v) is 8.42. The van der Waals surface area contributed by atoms with Crippen LogP contribution in [-0.2, 0) is 23.1 Å². The number of alkyl halides is 3. The molecule has 3 aromatic heterocycles. The summed E-state index contributed by atoms with van der Waals surface area (Å²) in [5.74, 6) is -0.158. The minimum absolute atomic E-state index is 0.00236. The molecule has 0 aliphatic rings. The van der Waals surface area contributed by atoms with E-state index in [0.717, 1.165) is 29.5 Å². The largest absolute Gasteiger partial charge is 0.416 e. The summed E-state index contributed by atoms with van der Waals surface area (Å²) in [6, 6.07) is 22.3. The number of halogens is 3. The number of sulfone groups is 1. The van der Waals surface area contributed by atoms with Crippen LogP contribution in [-0.4, -0.2) is 51.7 Å². The molecule has 3 heterocycles. The topological polar surface area (TPSA) is 106 Å². The van der Waals surface area contributed by atoms with Crippen LogP contribution < -0.4 is 5.01 Å². The quantitative estimate of drug-likeness (QED) is 0.166. The Bertz CT molecular complexity index is 1850. The van der Waals surface area contributed by atoms with Gasteiger partial charge in [0.15, 0.2) is 21.5 Å². The van der Waals surface area contributed by atoms with E-state index >= 15 is 0 Å². The minimum atomic E-state index is -4.58. The Morgan fingerprint density at radius 2 is 1.51 bits per heavy atom. The lowest BCUT2D eigenvalue weighted by Gasteiger charge is -2.18. The number of nitrogens with zero attached hydrogens (tertiary/aromatic N) is 7. The van der Waals surface area contributed by atoms with Crippen LogP contribution in [0.2, 0.25) is 0 Å². The first-order valence-corrected chi connectivity index (χ1v) is 14.7. The Hall–Kier alpha value is -4.91. The second kappa shape index (κ2) is 11.8. The number of benzene rings is 2. The molecule has 0 atom stereocenters. The summed E-state index contributed by atoms with van der Waals surface area (Å²) in [4.78, 5) is 8.34. The Balaban J connectivity index is 1.60. The molecule has 5 aromatic rings. The highest BCUT2D eigenvalue weighted by atomic mass is 32.2. The van der Waals surface area contributed by atoms with Crippen LogP contribution in [0.25, 0.3) is 23.0 Å². The van der Waals surface area contributed by atoms with E-state index in [0.29, 0.717) is 11.4 Å². The Morgan fingerprint density at radius 3 is 2.09 bits per heavy atom. The molecule has 0 aliphatic carbocycles. The first kappa shape index (κ1) is 29.6. The zero-order valence-electron chi connectivity index (χ0n) is 23.4. The number of aromatic nitrogens is 5. The monoisotopic (exact) mass is 605 g/mol. The predicted octanol–water partition coefficient (Wildman–Crippen LogP) is 5.64. The molecule has 0 saturated heterocycles. The van der Waals surface area contributed by atoms with Crippen LogP contribution in [0.1, 0.15) is 23.6 Å². The first-order chi connectivity index (χ1) is 20.5. The zero-order chi connectivity index (χ0) is 30.8. The van der Waals surface area contributed by atoms with Crippen LogP contribution in [0.4, 0.5) is 18.9 Å². The van der Waals surface area contributed by atoms with Crippen molar-refractivity contribution in [1.82, 2.24) is 24.7 Å². The van der Waals surface area contributed by atoms with Crippen molar-refractivity contribution in [3.05, 3.63) is 108 Å². The molecule has 0 radical (unpaired) electrons. The van der Waals surface area contributed by atoms with Crippen LogP contribution in [0.5, 0.6) is 0 Å². The maximum Gasteiger partial charge on any atom is 0.416 e. The molecular weight excluding hydrogens is 579 g/mol. The minimum Gasteiger partial charge on any atom is -0.307 e. The molecule has 0 unspecified atom stereocenters. The summed E-state index contributed by atoms with van der Waals surface area (Å²) in [6.45, 7) is 1.51. The average molecular weight is 606 g/mol. The fourth-order valence-corrected chi connectivity index (χ4v) is 5.39. The van der Waals surface area contributed by atoms with E-state index in [4.69, 9.17) is 5.10 Å². The maximum atomic E-state index is 13.3. The van der Waals surface area contributed by atoms with E-state index in [-0.39, 0.29) is 33.7 Å². The zero-order valence-corrected chi connectivity index (χ0v) is 24.2. The van der Waals surface area contributed by atoms with Gasteiger partial charge in [-0.2, -0.15) is 18.3 Å². The Kier molecular flexibility index (Phi) is 8.09. The number of hydrazone groups is 1. The molecule has 5 rings (SSSR count). The summed E-state index contributed by atoms with van der Waals surface area (Å²) >= 11 is 0. The summed E-state index contributed by atoms with van der Waals surface area (Å²) in [5.41, 5.74) is 1.82. The molecule has 0 amide bonds. The molecule has 43 heavy (non-hydrogen) atoms. The standard InChI is InChI=1S/C30H26F3N7O2S/c1-4-43(41,42)25-18-23(40(3)38-26(20-11-7-5-8-12-20)21-13-9-6-10-14-21)19-35-27(25)29-37-36-28(39(29)2)24-17-22(15-16-34-24)30(31,32)33/h5-19H,4H2,1-3H3. The normalized spacial score (nSPS) is 11.8. The SMILES string of the molecule is CCS(=O)(=O)c1cc(N(C)N=C(c2ccccc2)c2ccccc2)cnc1-c1nnc(-c2cc(C(F)(F)F)ccn2)n1C. The van der Waals surface area contributed by atoms with Crippen molar-refractivity contribution in [2.75, 3.05) is 17.8 Å². The molecule has 220 valence electrons. The van der Waals surface area contributed by atoms with Gasteiger partial charge in [-0.05, 0) is 18.2 Å². The van der Waals surface area contributed by atoms with Gasteiger partial charge < -0.3 is 4.57 Å². The van der Waals surface area contributed by atoms with Crippen molar-refractivity contribution in [2.24, 2.45) is 12.1 Å². The van der Waals surface area contributed by atoms with Gasteiger partial charge in [0.05, 0.1) is 33.8 Å². The van der Waals surface area contributed by atoms with Crippen molar-refractivity contribution in [1.29, 1.82) is 0 Å². The van der Waals surface area contributed by atoms with E-state index in [1.54, 1.807) is 7.05 Å². The number of anilines is 1. The lowest BCUT2D eigenvalue weighted by Crippen LogP contribution is -2.17. The molecule has 13 heteroatoms. The van der Waals surface area contributed by atoms with Gasteiger partial charge in [-0.25, -0.2) is 13.4 Å². The molecule has 0 aliphatic heterocycles. The molecule has 0 spiro atoms. The van der Waals surface area contributed by atoms with Gasteiger partial charge in [0.2, 0.25) is 0 Å². The fraction of sp³-hybridized carbons (Fsp3) is 0.167. The highest BCUT2D eigenvalue weighted by Crippen LogP contribution is 2.33. The van der Waals surface area contributed by atoms with Crippen molar-refractivity contribution in [3.63, 3.8) is 0 Å². The lowest BCUT2D eigenvalue weighted by molar-refractivity contribution is -0.137. The molecule has 0 bridgehead atoms. The van der Waals surface area contributed by atoms with Gasteiger partial charge in [0.25, 0.3) is 0 Å². The lowest BCUT2D eigenvalue weighted by atomic mass is 10.0. The van der Waals surface area contributed by atoms with Crippen molar-refractivity contribution in [3.8, 4) is 23.0 Å². The highest BCUT2D eigenvalue weighted by molar-refractivity contribution is 7.91. The van der Waals surface area contributed by atoms with E-state index in [1.807, 2.05) is 60.7 Å². The third kappa shape index (κ3) is 6.16. The van der Waals surface area contributed by atoms with E-state index in [1.165, 1.54) is 35.8 Å². The van der Waals surface area contributed by atoms with Gasteiger partial charge in [-0.3, -0.25) is 9.99 Å². The van der Waals surface area contributed by atoms with Gasteiger partial charge in [0.1, 0.15) is 11.4 Å². The van der Waals surface area contributed by atoms with Gasteiger partial charge in [-0.15, -0.1) is 10.2 Å². The van der Waals surface area contributed by atoms with Gasteiger partial charge >= 0.3 is 6.18 Å². The molecular formula is C30H26F3N7O2S. The van der Waals surface area contributed by atoms with Crippen molar-refractivity contribution >= 4 is 21.2 Å². The van der Waals surface area contributed by atoms with E-state index in [9.17, 15) is 21.6 Å². The average Bonchev–Trinajstić information content (AvgIpc) is 3.40. The Morgan fingerprint density at radius 1 is 0.907 bits per heavy atom. The van der Waals surface area contributed by atoms with Gasteiger partial charge in [0, 0.05) is 31.4 Å². The first-order valence-electron chi connectivity index (χ1n) is 13.1. The number of hydrogen-bond acceptors (Lipinski definition) is 8. The van der Waals surface area contributed by atoms with E-state index < -0.39 is 21.6 Å². The Labute approximate surface area is 246 Å². The second-order valence-electron chi connectivity index (χ2n) is 9.48. The van der Waals surface area contributed by atoms with Crippen LogP contribution in [0.15, 0.2) is 101 Å². The molecule has 0 N–H and O–H groups in total. The molecule has 0 fully saturated rings. The summed E-state index contributed by atoms with van der Waals surface area (Å²) < 4.78 is 67.8. The molecule has 0 saturated carbocycles. The molecule has 2 aromatic carbocycles. The summed E-state index contributed by atoms with van der Waals surface area (Å²) in [6.07, 6.45) is -2.09. The predicted molar refractivity (Wildman–Crippen MR) is 157 cm³/mol.